The third-order valence-corrected chi connectivity index (χ3v) is 4.44. The van der Waals surface area contributed by atoms with Gasteiger partial charge in [0, 0.05) is 12.5 Å². The molecule has 0 radical (unpaired) electrons. The number of aliphatic carboxylic acids is 1. The zero-order valence-corrected chi connectivity index (χ0v) is 12.6. The Balaban J connectivity index is 1.61. The van der Waals surface area contributed by atoms with E-state index in [1.165, 1.54) is 0 Å². The summed E-state index contributed by atoms with van der Waals surface area (Å²) < 4.78 is 0. The van der Waals surface area contributed by atoms with Crippen LogP contribution >= 0.6 is 0 Å². The number of carbonyl (C=O) groups excluding carboxylic acids is 1. The molecule has 0 aliphatic heterocycles. The third-order valence-electron chi connectivity index (χ3n) is 4.44. The summed E-state index contributed by atoms with van der Waals surface area (Å²) in [5.74, 6) is -1.57. The molecule has 23 heavy (non-hydrogen) atoms. The lowest BCUT2D eigenvalue weighted by atomic mass is 9.81. The monoisotopic (exact) mass is 317 g/mol. The van der Waals surface area contributed by atoms with Crippen molar-refractivity contribution in [1.82, 2.24) is 15.3 Å². The van der Waals surface area contributed by atoms with Crippen LogP contribution in [0.25, 0.3) is 11.0 Å². The van der Waals surface area contributed by atoms with E-state index in [9.17, 15) is 14.4 Å². The molecule has 1 aromatic carbocycles. The number of nitrogens with one attached hydrogen (secondary N) is 3. The molecule has 3 rings (SSSR count). The Labute approximate surface area is 132 Å². The van der Waals surface area contributed by atoms with E-state index in [2.05, 4.69) is 15.3 Å². The zero-order chi connectivity index (χ0) is 16.4. The Hall–Kier alpha value is -2.57. The molecule has 1 aliphatic rings. The fourth-order valence-electron chi connectivity index (χ4n) is 3.18. The first kappa shape index (κ1) is 15.3. The van der Waals surface area contributed by atoms with Crippen LogP contribution in [0.1, 0.15) is 31.2 Å². The molecule has 1 fully saturated rings. The minimum absolute atomic E-state index is 0.0985. The van der Waals surface area contributed by atoms with Crippen molar-refractivity contribution in [3.63, 3.8) is 0 Å². The van der Waals surface area contributed by atoms with E-state index in [1.54, 1.807) is 6.07 Å². The fraction of sp³-hybridized carbons (Fsp3) is 0.438. The summed E-state index contributed by atoms with van der Waals surface area (Å²) in [7, 11) is 0. The molecule has 1 aromatic heterocycles. The fourth-order valence-corrected chi connectivity index (χ4v) is 3.18. The number of carboxylic acids is 1. The van der Waals surface area contributed by atoms with Gasteiger partial charge in [0.05, 0.1) is 17.0 Å². The van der Waals surface area contributed by atoms with Crippen molar-refractivity contribution < 1.29 is 14.7 Å². The Morgan fingerprint density at radius 2 is 1.91 bits per heavy atom. The van der Waals surface area contributed by atoms with Gasteiger partial charge in [-0.25, -0.2) is 4.79 Å². The van der Waals surface area contributed by atoms with Gasteiger partial charge in [-0.3, -0.25) is 9.59 Å². The molecular weight excluding hydrogens is 298 g/mol. The van der Waals surface area contributed by atoms with Crippen molar-refractivity contribution >= 4 is 22.9 Å². The van der Waals surface area contributed by atoms with Crippen LogP contribution in [-0.2, 0) is 16.1 Å². The van der Waals surface area contributed by atoms with E-state index in [0.717, 1.165) is 23.9 Å². The Morgan fingerprint density at radius 1 is 1.17 bits per heavy atom. The van der Waals surface area contributed by atoms with Crippen molar-refractivity contribution in [3.05, 3.63) is 34.2 Å². The van der Waals surface area contributed by atoms with Crippen molar-refractivity contribution in [2.45, 2.75) is 32.2 Å². The number of fused-ring (bicyclic) bond motifs is 1. The first-order chi connectivity index (χ1) is 11.0. The van der Waals surface area contributed by atoms with Crippen LogP contribution in [0.15, 0.2) is 23.0 Å². The van der Waals surface area contributed by atoms with Crippen molar-refractivity contribution in [2.75, 3.05) is 0 Å². The highest BCUT2D eigenvalue weighted by atomic mass is 16.4. The maximum Gasteiger partial charge on any atom is 0.323 e. The van der Waals surface area contributed by atoms with Gasteiger partial charge in [0.15, 0.2) is 0 Å². The van der Waals surface area contributed by atoms with Gasteiger partial charge < -0.3 is 20.4 Å². The number of aromatic amines is 2. The van der Waals surface area contributed by atoms with Crippen LogP contribution < -0.4 is 11.0 Å². The van der Waals surface area contributed by atoms with Crippen molar-refractivity contribution in [2.24, 2.45) is 11.8 Å². The molecule has 1 aliphatic carbocycles. The number of aromatic nitrogens is 2. The van der Waals surface area contributed by atoms with Crippen molar-refractivity contribution in [3.8, 4) is 0 Å². The van der Waals surface area contributed by atoms with Crippen LogP contribution in [-0.4, -0.2) is 27.0 Å². The number of amides is 1. The minimum Gasteiger partial charge on any atom is -0.481 e. The number of benzene rings is 1. The predicted molar refractivity (Wildman–Crippen MR) is 83.8 cm³/mol. The van der Waals surface area contributed by atoms with Crippen LogP contribution in [0.3, 0.4) is 0 Å². The second-order valence-corrected chi connectivity index (χ2v) is 6.08. The lowest BCUT2D eigenvalue weighted by molar-refractivity contribution is -0.144. The molecule has 0 saturated heterocycles. The molecule has 0 spiro atoms. The quantitative estimate of drug-likeness (QED) is 0.681. The van der Waals surface area contributed by atoms with Gasteiger partial charge in [-0.05, 0) is 37.0 Å². The van der Waals surface area contributed by atoms with E-state index < -0.39 is 11.9 Å². The summed E-state index contributed by atoms with van der Waals surface area (Å²) in [6.07, 6.45) is 2.56. The van der Waals surface area contributed by atoms with Gasteiger partial charge in [0.25, 0.3) is 0 Å². The molecule has 2 aromatic rings. The highest BCUT2D eigenvalue weighted by Gasteiger charge is 2.30. The molecular formula is C16H19N3O4. The number of imidazole rings is 1. The molecule has 0 bridgehead atoms. The van der Waals surface area contributed by atoms with E-state index in [-0.39, 0.29) is 17.5 Å². The lowest BCUT2D eigenvalue weighted by Crippen LogP contribution is -2.35. The molecule has 1 amide bonds. The van der Waals surface area contributed by atoms with Gasteiger partial charge in [0.2, 0.25) is 5.91 Å². The average Bonchev–Trinajstić information content (AvgIpc) is 2.91. The first-order valence-electron chi connectivity index (χ1n) is 7.74. The summed E-state index contributed by atoms with van der Waals surface area (Å²) in [4.78, 5) is 39.9. The maximum atomic E-state index is 12.2. The van der Waals surface area contributed by atoms with Gasteiger partial charge in [-0.2, -0.15) is 0 Å². The number of H-pyrrole nitrogens is 2. The van der Waals surface area contributed by atoms with Crippen LogP contribution in [0.2, 0.25) is 0 Å². The van der Waals surface area contributed by atoms with Crippen LogP contribution in [0.4, 0.5) is 0 Å². The molecule has 7 heteroatoms. The normalized spacial score (nSPS) is 21.2. The van der Waals surface area contributed by atoms with Gasteiger partial charge >= 0.3 is 11.7 Å². The Morgan fingerprint density at radius 3 is 2.70 bits per heavy atom. The topological polar surface area (TPSA) is 115 Å². The maximum absolute atomic E-state index is 12.2. The minimum atomic E-state index is -0.815. The summed E-state index contributed by atoms with van der Waals surface area (Å²) >= 11 is 0. The highest BCUT2D eigenvalue weighted by Crippen LogP contribution is 2.29. The summed E-state index contributed by atoms with van der Waals surface area (Å²) in [5, 5.41) is 12.0. The van der Waals surface area contributed by atoms with E-state index in [4.69, 9.17) is 5.11 Å². The highest BCUT2D eigenvalue weighted by molar-refractivity contribution is 5.80. The SMILES string of the molecule is O=C(O)C1CCCC(C(=O)NCc2ccc3[nH]c(=O)[nH]c3c2)C1. The van der Waals surface area contributed by atoms with Gasteiger partial charge in [-0.15, -0.1) is 0 Å². The van der Waals surface area contributed by atoms with E-state index in [0.29, 0.717) is 24.9 Å². The van der Waals surface area contributed by atoms with E-state index >= 15 is 0 Å². The summed E-state index contributed by atoms with van der Waals surface area (Å²) in [5.41, 5.74) is 2.04. The van der Waals surface area contributed by atoms with Crippen molar-refractivity contribution in [1.29, 1.82) is 0 Å². The largest absolute Gasteiger partial charge is 0.481 e. The molecule has 2 unspecified atom stereocenters. The van der Waals surface area contributed by atoms with E-state index in [1.807, 2.05) is 12.1 Å². The number of rotatable bonds is 4. The number of carboxylic acid groups (broad SMARTS) is 1. The number of hydrogen-bond acceptors (Lipinski definition) is 3. The summed E-state index contributed by atoms with van der Waals surface area (Å²) in [6.45, 7) is 0.357. The smallest absolute Gasteiger partial charge is 0.323 e. The summed E-state index contributed by atoms with van der Waals surface area (Å²) in [6, 6.07) is 5.44. The standard InChI is InChI=1S/C16H19N3O4/c20-14(10-2-1-3-11(7-10)15(21)22)17-8-9-4-5-12-13(6-9)19-16(23)18-12/h4-6,10-11H,1-3,7-8H2,(H,17,20)(H,21,22)(H2,18,19,23). The van der Waals surface area contributed by atoms with Gasteiger partial charge in [-0.1, -0.05) is 12.5 Å². The van der Waals surface area contributed by atoms with Crippen LogP contribution in [0, 0.1) is 11.8 Å². The first-order valence-corrected chi connectivity index (χ1v) is 7.74. The molecule has 1 heterocycles. The third kappa shape index (κ3) is 3.44. The predicted octanol–water partition coefficient (Wildman–Crippen LogP) is 1.36. The molecule has 1 saturated carbocycles. The van der Waals surface area contributed by atoms with Gasteiger partial charge in [0.1, 0.15) is 0 Å². The molecule has 122 valence electrons. The Bertz CT molecular complexity index is 792. The number of carbonyl (C=O) groups is 2. The second-order valence-electron chi connectivity index (χ2n) is 6.08. The zero-order valence-electron chi connectivity index (χ0n) is 12.6. The molecule has 7 nitrogen and oxygen atoms in total. The number of hydrogen-bond donors (Lipinski definition) is 4. The second kappa shape index (κ2) is 6.28. The average molecular weight is 317 g/mol. The Kier molecular flexibility index (Phi) is 4.18. The molecule has 2 atom stereocenters. The molecule has 4 N–H and O–H groups in total. The lowest BCUT2D eigenvalue weighted by Gasteiger charge is -2.25. The van der Waals surface area contributed by atoms with Crippen LogP contribution in [0.5, 0.6) is 0 Å².